The van der Waals surface area contributed by atoms with Gasteiger partial charge in [0.2, 0.25) is 5.82 Å². The van der Waals surface area contributed by atoms with E-state index in [0.717, 1.165) is 4.80 Å². The molecule has 2 aromatic rings. The average molecular weight is 236 g/mol. The fraction of sp³-hybridized carbons (Fsp3) is 0.111. The molecule has 17 heavy (non-hydrogen) atoms. The molecule has 1 aromatic heterocycles. The number of hydrogen-bond acceptors (Lipinski definition) is 5. The molecule has 0 saturated heterocycles. The molecule has 0 radical (unpaired) electrons. The Kier molecular flexibility index (Phi) is 3.06. The summed E-state index contributed by atoms with van der Waals surface area (Å²) >= 11 is 0. The third-order valence-electron chi connectivity index (χ3n) is 2.00. The minimum absolute atomic E-state index is 0.120. The second-order valence-corrected chi connectivity index (χ2v) is 3.22. The molecule has 0 fully saturated rings. The van der Waals surface area contributed by atoms with E-state index < -0.39 is 5.91 Å². The summed E-state index contributed by atoms with van der Waals surface area (Å²) in [7, 11) is 0. The second-order valence-electron chi connectivity index (χ2n) is 3.22. The summed E-state index contributed by atoms with van der Waals surface area (Å²) in [6.07, 6.45) is 0. The van der Waals surface area contributed by atoms with Gasteiger partial charge in [0.25, 0.3) is 5.91 Å². The highest BCUT2D eigenvalue weighted by Crippen LogP contribution is 2.13. The Bertz CT molecular complexity index is 523. The third kappa shape index (κ3) is 2.61. The van der Waals surface area contributed by atoms with Crippen molar-refractivity contribution in [3.8, 4) is 11.4 Å². The first-order valence-corrected chi connectivity index (χ1v) is 4.72. The van der Waals surface area contributed by atoms with E-state index in [1.165, 1.54) is 24.3 Å². The third-order valence-corrected chi connectivity index (χ3v) is 2.00. The molecule has 1 aromatic carbocycles. The smallest absolute Gasteiger partial charge is 0.257 e. The number of halogens is 1. The van der Waals surface area contributed by atoms with Crippen LogP contribution in [0, 0.1) is 5.82 Å². The molecule has 1 heterocycles. The van der Waals surface area contributed by atoms with E-state index in [9.17, 15) is 9.18 Å². The second kappa shape index (κ2) is 4.66. The lowest BCUT2D eigenvalue weighted by Crippen LogP contribution is -2.33. The van der Waals surface area contributed by atoms with Crippen LogP contribution in [-0.4, -0.2) is 26.1 Å². The quantitative estimate of drug-likeness (QED) is 0.424. The fourth-order valence-electron chi connectivity index (χ4n) is 1.20. The topological polar surface area (TPSA) is 98.7 Å². The van der Waals surface area contributed by atoms with Gasteiger partial charge in [0.1, 0.15) is 12.4 Å². The first-order chi connectivity index (χ1) is 8.19. The van der Waals surface area contributed by atoms with Crippen molar-refractivity contribution in [3.63, 3.8) is 0 Å². The van der Waals surface area contributed by atoms with E-state index in [1.54, 1.807) is 0 Å². The summed E-state index contributed by atoms with van der Waals surface area (Å²) in [5.41, 5.74) is 2.57. The minimum Gasteiger partial charge on any atom is -0.293 e. The Morgan fingerprint density at radius 1 is 1.41 bits per heavy atom. The standard InChI is InChI=1S/C9H9FN6O/c10-7-3-1-6(2-4-7)9-13-15-16(14-9)5-8(17)12-11/h1-4H,5,11H2,(H,12,17). The molecule has 1 amide bonds. The van der Waals surface area contributed by atoms with Crippen LogP contribution in [0.2, 0.25) is 0 Å². The van der Waals surface area contributed by atoms with Gasteiger partial charge in [0.05, 0.1) is 0 Å². The monoisotopic (exact) mass is 236 g/mol. The highest BCUT2D eigenvalue weighted by Gasteiger charge is 2.08. The van der Waals surface area contributed by atoms with Crippen molar-refractivity contribution >= 4 is 5.91 Å². The molecule has 0 aliphatic carbocycles. The maximum atomic E-state index is 12.7. The molecule has 7 nitrogen and oxygen atoms in total. The van der Waals surface area contributed by atoms with Crippen LogP contribution in [0.4, 0.5) is 4.39 Å². The average Bonchev–Trinajstić information content (AvgIpc) is 2.78. The van der Waals surface area contributed by atoms with Crippen LogP contribution in [0.5, 0.6) is 0 Å². The van der Waals surface area contributed by atoms with E-state index in [0.29, 0.717) is 11.4 Å². The van der Waals surface area contributed by atoms with Crippen molar-refractivity contribution in [1.82, 2.24) is 25.6 Å². The van der Waals surface area contributed by atoms with Crippen LogP contribution in [0.25, 0.3) is 11.4 Å². The zero-order valence-electron chi connectivity index (χ0n) is 8.67. The molecule has 0 atom stereocenters. The van der Waals surface area contributed by atoms with Gasteiger partial charge in [-0.25, -0.2) is 10.2 Å². The van der Waals surface area contributed by atoms with Crippen LogP contribution in [0.1, 0.15) is 0 Å². The molecule has 0 saturated carbocycles. The van der Waals surface area contributed by atoms with Crippen LogP contribution < -0.4 is 11.3 Å². The van der Waals surface area contributed by atoms with Gasteiger partial charge >= 0.3 is 0 Å². The van der Waals surface area contributed by atoms with Gasteiger partial charge < -0.3 is 0 Å². The van der Waals surface area contributed by atoms with E-state index in [2.05, 4.69) is 15.4 Å². The van der Waals surface area contributed by atoms with E-state index in [4.69, 9.17) is 5.84 Å². The minimum atomic E-state index is -0.437. The number of rotatable bonds is 3. The molecule has 0 bridgehead atoms. The number of carbonyl (C=O) groups is 1. The zero-order chi connectivity index (χ0) is 12.3. The van der Waals surface area contributed by atoms with Gasteiger partial charge in [-0.1, -0.05) is 0 Å². The van der Waals surface area contributed by atoms with E-state index in [-0.39, 0.29) is 12.4 Å². The normalized spacial score (nSPS) is 10.2. The van der Waals surface area contributed by atoms with Gasteiger partial charge in [-0.2, -0.15) is 4.80 Å². The lowest BCUT2D eigenvalue weighted by atomic mass is 10.2. The molecule has 0 spiro atoms. The number of benzene rings is 1. The van der Waals surface area contributed by atoms with Crippen molar-refractivity contribution in [2.24, 2.45) is 5.84 Å². The summed E-state index contributed by atoms with van der Waals surface area (Å²) in [6, 6.07) is 5.64. The zero-order valence-corrected chi connectivity index (χ0v) is 8.67. The number of hydrogen-bond donors (Lipinski definition) is 2. The van der Waals surface area contributed by atoms with Crippen LogP contribution in [0.3, 0.4) is 0 Å². The summed E-state index contributed by atoms with van der Waals surface area (Å²) in [5, 5.41) is 11.4. The highest BCUT2D eigenvalue weighted by atomic mass is 19.1. The summed E-state index contributed by atoms with van der Waals surface area (Å²) in [4.78, 5) is 12.1. The molecule has 2 rings (SSSR count). The molecule has 0 aliphatic heterocycles. The number of tetrazole rings is 1. The largest absolute Gasteiger partial charge is 0.293 e. The Morgan fingerprint density at radius 2 is 2.12 bits per heavy atom. The number of nitrogens with zero attached hydrogens (tertiary/aromatic N) is 4. The molecule has 88 valence electrons. The number of aromatic nitrogens is 4. The van der Waals surface area contributed by atoms with Gasteiger partial charge in [0, 0.05) is 5.56 Å². The number of nitrogens with two attached hydrogens (primary N) is 1. The molecule has 0 unspecified atom stereocenters. The lowest BCUT2D eigenvalue weighted by Gasteiger charge is -1.96. The van der Waals surface area contributed by atoms with Crippen LogP contribution >= 0.6 is 0 Å². The van der Waals surface area contributed by atoms with Crippen LogP contribution in [0.15, 0.2) is 24.3 Å². The van der Waals surface area contributed by atoms with Crippen molar-refractivity contribution < 1.29 is 9.18 Å². The molecular weight excluding hydrogens is 227 g/mol. The van der Waals surface area contributed by atoms with Crippen molar-refractivity contribution in [2.45, 2.75) is 6.54 Å². The van der Waals surface area contributed by atoms with Crippen molar-refractivity contribution in [2.75, 3.05) is 0 Å². The summed E-state index contributed by atoms with van der Waals surface area (Å²) in [6.45, 7) is -0.120. The lowest BCUT2D eigenvalue weighted by molar-refractivity contribution is -0.122. The van der Waals surface area contributed by atoms with Gasteiger partial charge in [-0.05, 0) is 29.5 Å². The molecule has 3 N–H and O–H groups in total. The first-order valence-electron chi connectivity index (χ1n) is 4.72. The first kappa shape index (κ1) is 11.1. The predicted molar refractivity (Wildman–Crippen MR) is 55.5 cm³/mol. The Hall–Kier alpha value is -2.35. The molecule has 8 heteroatoms. The van der Waals surface area contributed by atoms with E-state index >= 15 is 0 Å². The maximum Gasteiger partial charge on any atom is 0.257 e. The van der Waals surface area contributed by atoms with Gasteiger partial charge in [0.15, 0.2) is 0 Å². The predicted octanol–water partition coefficient (Wildman–Crippen LogP) is -0.531. The number of amides is 1. The Morgan fingerprint density at radius 3 is 2.76 bits per heavy atom. The van der Waals surface area contributed by atoms with Gasteiger partial charge in [-0.15, -0.1) is 10.2 Å². The van der Waals surface area contributed by atoms with E-state index in [1.807, 2.05) is 5.43 Å². The van der Waals surface area contributed by atoms with Crippen molar-refractivity contribution in [3.05, 3.63) is 30.1 Å². The van der Waals surface area contributed by atoms with Gasteiger partial charge in [-0.3, -0.25) is 10.2 Å². The fourth-order valence-corrected chi connectivity index (χ4v) is 1.20. The molecular formula is C9H9FN6O. The Balaban J connectivity index is 2.18. The van der Waals surface area contributed by atoms with Crippen molar-refractivity contribution in [1.29, 1.82) is 0 Å². The number of carbonyl (C=O) groups excluding carboxylic acids is 1. The highest BCUT2D eigenvalue weighted by molar-refractivity contribution is 5.74. The Labute approximate surface area is 95.4 Å². The summed E-state index contributed by atoms with van der Waals surface area (Å²) < 4.78 is 12.7. The summed E-state index contributed by atoms with van der Waals surface area (Å²) in [5.74, 6) is 4.46. The SMILES string of the molecule is NNC(=O)Cn1nnc(-c2ccc(F)cc2)n1. The molecule has 0 aliphatic rings. The van der Waals surface area contributed by atoms with Crippen LogP contribution in [-0.2, 0) is 11.3 Å². The number of nitrogens with one attached hydrogen (secondary N) is 1. The maximum absolute atomic E-state index is 12.7. The number of hydrazine groups is 1.